The molecule has 0 spiro atoms. The summed E-state index contributed by atoms with van der Waals surface area (Å²) in [6, 6.07) is 108. The van der Waals surface area contributed by atoms with Gasteiger partial charge in [0.25, 0.3) is 0 Å². The van der Waals surface area contributed by atoms with Gasteiger partial charge >= 0.3 is 38.0 Å². The van der Waals surface area contributed by atoms with Crippen LogP contribution in [0.15, 0.2) is 341 Å². The van der Waals surface area contributed by atoms with E-state index < -0.39 is 17.9 Å². The van der Waals surface area contributed by atoms with Gasteiger partial charge in [-0.25, -0.2) is 14.4 Å². The summed E-state index contributed by atoms with van der Waals surface area (Å²) < 4.78 is 38.0. The van der Waals surface area contributed by atoms with E-state index in [0.29, 0.717) is 50.5 Å². The number of para-hydroxylation sites is 3. The topological polar surface area (TPSA) is 157 Å². The van der Waals surface area contributed by atoms with E-state index in [-0.39, 0.29) is 54.0 Å². The number of hydrogen-bond acceptors (Lipinski definition) is 12. The number of esters is 3. The standard InChI is InChI=1S/C96H54N3O9.Ir/c100-94(106-88-55-97-79(52-76(88)58-22-4-1-5-23-58)64-31-16-28-61(46-64)70-37-19-43-85-91(70)73-34-10-13-40-82(73)103-85)67-49-68(95(101)107-89-56-98-80(53-77(89)59-24-6-2-7-25-59)65-32-17-29-62(47-65)71-38-20-44-86-92(71)74-35-11-14-41-83(74)104-86)51-69(50-67)96(102)108-90-57-99-81(54-78(90)60-26-8-3-9-27-60)66-33-18-30-63(48-66)72-39-21-45-87-93(72)75-36-12-15-42-84(75)105-87;/h1-30,34-57H;/q-3;+3. The number of furan rings is 3. The summed E-state index contributed by atoms with van der Waals surface area (Å²) in [7, 11) is 0. The third-order valence-corrected chi connectivity index (χ3v) is 19.5. The normalized spacial score (nSPS) is 11.3. The van der Waals surface area contributed by atoms with Gasteiger partial charge in [-0.2, -0.15) is 0 Å². The Bertz CT molecular complexity index is 6150. The third-order valence-electron chi connectivity index (χ3n) is 19.5. The van der Waals surface area contributed by atoms with Crippen molar-refractivity contribution in [1.82, 2.24) is 15.0 Å². The molecule has 0 aliphatic carbocycles. The first-order chi connectivity index (χ1) is 53.2. The summed E-state index contributed by atoms with van der Waals surface area (Å²) in [6.45, 7) is 0. The Morgan fingerprint density at radius 2 is 0.541 bits per heavy atom. The van der Waals surface area contributed by atoms with E-state index in [9.17, 15) is 0 Å². The fraction of sp³-hybridized carbons (Fsp3) is 0. The number of carbonyl (C=O) groups is 3. The average molecular weight is 1590 g/mol. The molecule has 0 bridgehead atoms. The fourth-order valence-electron chi connectivity index (χ4n) is 14.4. The number of nitrogens with zero attached hydrogens (tertiary/aromatic N) is 3. The number of rotatable bonds is 15. The maximum absolute atomic E-state index is 15.3. The van der Waals surface area contributed by atoms with Crippen molar-refractivity contribution in [3.05, 3.63) is 363 Å². The van der Waals surface area contributed by atoms with Gasteiger partial charge in [0.15, 0.2) is 17.2 Å². The largest absolute Gasteiger partial charge is 3.00 e. The van der Waals surface area contributed by atoms with Gasteiger partial charge in [-0.3, -0.25) is 0 Å². The Balaban J connectivity index is 0.00000836. The monoisotopic (exact) mass is 1590 g/mol. The minimum absolute atomic E-state index is 0. The molecule has 19 aromatic rings. The van der Waals surface area contributed by atoms with Crippen molar-refractivity contribution in [1.29, 1.82) is 0 Å². The molecule has 0 unspecified atom stereocenters. The Morgan fingerprint density at radius 3 is 0.844 bits per heavy atom. The van der Waals surface area contributed by atoms with Crippen LogP contribution in [0.2, 0.25) is 0 Å². The zero-order valence-electron chi connectivity index (χ0n) is 57.5. The SMILES string of the molecule is O=C(Oc1cnc(-c2[c-]ccc(-c3cccc4oc5ccccc5c34)c2)cc1-c1ccccc1)c1cc(C(=O)Oc2cnc(-c3[c-]ccc(-c4cccc5oc6ccccc6c45)c3)cc2-c2ccccc2)cc(C(=O)Oc2cnc(-c3[c-]ccc(-c4cccc5oc6ccccc6c45)c3)cc2-c2ccccc2)c1.[Ir+3]. The molecule has 0 N–H and O–H groups in total. The molecule has 0 saturated heterocycles. The predicted octanol–water partition coefficient (Wildman–Crippen LogP) is 23.6. The van der Waals surface area contributed by atoms with Crippen LogP contribution in [0.1, 0.15) is 31.1 Å². The van der Waals surface area contributed by atoms with Crippen LogP contribution in [-0.2, 0) is 20.1 Å². The van der Waals surface area contributed by atoms with Crippen molar-refractivity contribution >= 4 is 83.7 Å². The van der Waals surface area contributed by atoms with Gasteiger partial charge in [-0.1, -0.05) is 200 Å². The molecule has 0 radical (unpaired) electrons. The van der Waals surface area contributed by atoms with Crippen molar-refractivity contribution in [3.63, 3.8) is 0 Å². The van der Waals surface area contributed by atoms with Gasteiger partial charge in [0, 0.05) is 49.0 Å². The minimum atomic E-state index is -0.919. The van der Waals surface area contributed by atoms with E-state index in [2.05, 4.69) is 54.6 Å². The third kappa shape index (κ3) is 12.7. The molecule has 19 rings (SSSR count). The summed E-state index contributed by atoms with van der Waals surface area (Å²) in [5, 5.41) is 5.97. The predicted molar refractivity (Wildman–Crippen MR) is 421 cm³/mol. The van der Waals surface area contributed by atoms with Crippen LogP contribution < -0.4 is 14.2 Å². The zero-order chi connectivity index (χ0) is 72.2. The Labute approximate surface area is 637 Å². The molecule has 0 aliphatic rings. The Morgan fingerprint density at radius 1 is 0.266 bits per heavy atom. The molecule has 0 aliphatic heterocycles. The molecule has 0 atom stereocenters. The summed E-state index contributed by atoms with van der Waals surface area (Å²) in [5.74, 6) is -2.47. The van der Waals surface area contributed by atoms with Crippen LogP contribution in [0, 0.1) is 18.2 Å². The molecule has 0 fully saturated rings. The quantitative estimate of drug-likeness (QED) is 0.0708. The minimum Gasteiger partial charge on any atom is -0.456 e. The van der Waals surface area contributed by atoms with Crippen LogP contribution in [0.3, 0.4) is 0 Å². The van der Waals surface area contributed by atoms with Gasteiger partial charge in [0.1, 0.15) is 33.5 Å². The van der Waals surface area contributed by atoms with Crippen LogP contribution in [0.4, 0.5) is 0 Å². The van der Waals surface area contributed by atoms with E-state index >= 15 is 14.4 Å². The van der Waals surface area contributed by atoms with Crippen LogP contribution >= 0.6 is 0 Å². The fourth-order valence-corrected chi connectivity index (χ4v) is 14.4. The molecule has 516 valence electrons. The van der Waals surface area contributed by atoms with Gasteiger partial charge in [0.2, 0.25) is 0 Å². The molecule has 13 aromatic carbocycles. The second-order valence-electron chi connectivity index (χ2n) is 26.1. The van der Waals surface area contributed by atoms with Crippen molar-refractivity contribution in [3.8, 4) is 118 Å². The second-order valence-corrected chi connectivity index (χ2v) is 26.1. The molecule has 12 nitrogen and oxygen atoms in total. The smallest absolute Gasteiger partial charge is 0.456 e. The molecule has 6 aromatic heterocycles. The summed E-state index contributed by atoms with van der Waals surface area (Å²) in [4.78, 5) is 60.5. The molecular formula is C96H54IrN3O9. The Hall–Kier alpha value is -14.2. The second kappa shape index (κ2) is 28.3. The van der Waals surface area contributed by atoms with Crippen molar-refractivity contribution in [2.75, 3.05) is 0 Å². The van der Waals surface area contributed by atoms with Gasteiger partial charge in [0.05, 0.1) is 35.3 Å². The maximum atomic E-state index is 15.3. The summed E-state index contributed by atoms with van der Waals surface area (Å²) >= 11 is 0. The van der Waals surface area contributed by atoms with E-state index in [4.69, 9.17) is 42.4 Å². The number of carbonyl (C=O) groups excluding carboxylic acids is 3. The molecular weight excluding hydrogens is 1530 g/mol. The molecule has 109 heavy (non-hydrogen) atoms. The number of hydrogen-bond donors (Lipinski definition) is 0. The first kappa shape index (κ1) is 66.7. The Kier molecular flexibility index (Phi) is 17.3. The van der Waals surface area contributed by atoms with Gasteiger partial charge < -0.3 is 42.4 Å². The number of ether oxygens (including phenoxy) is 3. The van der Waals surface area contributed by atoms with Crippen LogP contribution in [-0.4, -0.2) is 32.9 Å². The first-order valence-corrected chi connectivity index (χ1v) is 35.0. The molecule has 13 heteroatoms. The number of aromatic nitrogens is 3. The summed E-state index contributed by atoms with van der Waals surface area (Å²) in [5.41, 5.74) is 17.3. The first-order valence-electron chi connectivity index (χ1n) is 35.0. The van der Waals surface area contributed by atoms with E-state index in [0.717, 1.165) is 116 Å². The van der Waals surface area contributed by atoms with Gasteiger partial charge in [-0.15, -0.1) is 106 Å². The van der Waals surface area contributed by atoms with Crippen LogP contribution in [0.5, 0.6) is 17.2 Å². The van der Waals surface area contributed by atoms with Crippen LogP contribution in [0.25, 0.3) is 166 Å². The number of fused-ring (bicyclic) bond motifs is 9. The van der Waals surface area contributed by atoms with E-state index in [1.807, 2.05) is 255 Å². The zero-order valence-corrected chi connectivity index (χ0v) is 59.9. The summed E-state index contributed by atoms with van der Waals surface area (Å²) in [6.07, 6.45) is 4.47. The number of pyridine rings is 3. The van der Waals surface area contributed by atoms with E-state index in [1.54, 1.807) is 0 Å². The number of benzene rings is 13. The molecule has 0 saturated carbocycles. The average Bonchev–Trinajstić information content (AvgIpc) is 1.64. The van der Waals surface area contributed by atoms with Crippen molar-refractivity contribution in [2.45, 2.75) is 0 Å². The van der Waals surface area contributed by atoms with Crippen molar-refractivity contribution in [2.24, 2.45) is 0 Å². The van der Waals surface area contributed by atoms with Crippen molar-refractivity contribution < 1.29 is 62.0 Å². The maximum Gasteiger partial charge on any atom is 3.00 e. The van der Waals surface area contributed by atoms with E-state index in [1.165, 1.54) is 36.8 Å². The molecule has 0 amide bonds. The van der Waals surface area contributed by atoms with Gasteiger partial charge in [-0.05, 0) is 105 Å². The molecule has 6 heterocycles.